The Morgan fingerprint density at radius 1 is 1.05 bits per heavy atom. The highest BCUT2D eigenvalue weighted by Gasteiger charge is 2.30. The molecule has 2 heterocycles. The number of hydrogen-bond acceptors (Lipinski definition) is 3. The van der Waals surface area contributed by atoms with E-state index in [-0.39, 0.29) is 30.7 Å². The number of halogens is 2. The van der Waals surface area contributed by atoms with Crippen molar-refractivity contribution in [2.45, 2.75) is 25.7 Å². The third kappa shape index (κ3) is 4.76. The van der Waals surface area contributed by atoms with Gasteiger partial charge in [-0.05, 0) is 38.1 Å². The van der Waals surface area contributed by atoms with E-state index in [0.717, 1.165) is 58.0 Å². The number of piperazine rings is 1. The molecule has 3 aliphatic rings. The molecule has 1 atom stereocenters. The van der Waals surface area contributed by atoms with E-state index < -0.39 is 0 Å². The molecule has 0 aromatic carbocycles. The number of amides is 1. The second kappa shape index (κ2) is 8.42. The lowest BCUT2D eigenvalue weighted by atomic mass is 9.98. The highest BCUT2D eigenvalue weighted by Crippen LogP contribution is 2.30. The van der Waals surface area contributed by atoms with E-state index in [2.05, 4.69) is 15.1 Å². The first-order valence-corrected chi connectivity index (χ1v) is 7.55. The Labute approximate surface area is 134 Å². The van der Waals surface area contributed by atoms with Gasteiger partial charge in [-0.2, -0.15) is 0 Å². The van der Waals surface area contributed by atoms with E-state index in [9.17, 15) is 4.79 Å². The maximum absolute atomic E-state index is 12.4. The molecular weight excluding hydrogens is 297 g/mol. The van der Waals surface area contributed by atoms with Crippen molar-refractivity contribution >= 4 is 30.7 Å². The topological polar surface area (TPSA) is 35.6 Å². The molecule has 2 saturated heterocycles. The number of carbonyl (C=O) groups is 1. The van der Waals surface area contributed by atoms with Gasteiger partial charge in [-0.15, -0.1) is 24.8 Å². The van der Waals surface area contributed by atoms with E-state index >= 15 is 0 Å². The third-order valence-corrected chi connectivity index (χ3v) is 4.54. The lowest BCUT2D eigenvalue weighted by Crippen LogP contribution is -2.52. The van der Waals surface area contributed by atoms with Crippen molar-refractivity contribution in [3.05, 3.63) is 0 Å². The van der Waals surface area contributed by atoms with E-state index in [1.807, 2.05) is 0 Å². The van der Waals surface area contributed by atoms with Gasteiger partial charge in [0.2, 0.25) is 5.91 Å². The number of nitrogens with zero attached hydrogens (tertiary/aromatic N) is 2. The zero-order valence-electron chi connectivity index (χ0n) is 12.1. The first-order chi connectivity index (χ1) is 8.83. The molecule has 0 bridgehead atoms. The van der Waals surface area contributed by atoms with Crippen LogP contribution in [0.2, 0.25) is 0 Å². The fourth-order valence-electron chi connectivity index (χ4n) is 3.14. The van der Waals surface area contributed by atoms with Crippen LogP contribution in [-0.2, 0) is 4.79 Å². The summed E-state index contributed by atoms with van der Waals surface area (Å²) >= 11 is 0. The van der Waals surface area contributed by atoms with Gasteiger partial charge in [0.1, 0.15) is 0 Å². The van der Waals surface area contributed by atoms with Crippen LogP contribution in [0, 0.1) is 11.8 Å². The summed E-state index contributed by atoms with van der Waals surface area (Å²) in [6.45, 7) is 7.31. The SMILES string of the molecule is Cl.Cl.O=C([C@@H]1CCCNC1)N1CCN(CC2CC2)CC1. The molecule has 0 aromatic rings. The Kier molecular flexibility index (Phi) is 7.59. The Morgan fingerprint density at radius 3 is 2.30 bits per heavy atom. The molecule has 2 aliphatic heterocycles. The summed E-state index contributed by atoms with van der Waals surface area (Å²) in [5, 5.41) is 3.34. The molecule has 0 radical (unpaired) electrons. The summed E-state index contributed by atoms with van der Waals surface area (Å²) in [6.07, 6.45) is 5.08. The Hall–Kier alpha value is -0.0300. The lowest BCUT2D eigenvalue weighted by molar-refractivity contribution is -0.137. The van der Waals surface area contributed by atoms with Crippen molar-refractivity contribution in [2.75, 3.05) is 45.8 Å². The van der Waals surface area contributed by atoms with E-state index in [4.69, 9.17) is 0 Å². The van der Waals surface area contributed by atoms with Gasteiger partial charge < -0.3 is 10.2 Å². The molecule has 1 aliphatic carbocycles. The van der Waals surface area contributed by atoms with Crippen LogP contribution in [-0.4, -0.2) is 61.5 Å². The summed E-state index contributed by atoms with van der Waals surface area (Å²) in [5.41, 5.74) is 0. The van der Waals surface area contributed by atoms with E-state index in [1.54, 1.807) is 0 Å². The average Bonchev–Trinajstić information content (AvgIpc) is 3.24. The van der Waals surface area contributed by atoms with Crippen molar-refractivity contribution in [2.24, 2.45) is 11.8 Å². The molecule has 1 amide bonds. The molecule has 0 spiro atoms. The summed E-state index contributed by atoms with van der Waals surface area (Å²) in [6, 6.07) is 0. The lowest BCUT2D eigenvalue weighted by Gasteiger charge is -2.37. The Balaban J connectivity index is 0.000001000. The first-order valence-electron chi connectivity index (χ1n) is 7.55. The monoisotopic (exact) mass is 323 g/mol. The molecule has 1 N–H and O–H groups in total. The maximum atomic E-state index is 12.4. The second-order valence-corrected chi connectivity index (χ2v) is 6.11. The number of hydrogen-bond donors (Lipinski definition) is 1. The quantitative estimate of drug-likeness (QED) is 0.852. The Bertz CT molecular complexity index is 299. The molecule has 3 rings (SSSR count). The third-order valence-electron chi connectivity index (χ3n) is 4.54. The van der Waals surface area contributed by atoms with Crippen LogP contribution in [0.25, 0.3) is 0 Å². The fourth-order valence-corrected chi connectivity index (χ4v) is 3.14. The van der Waals surface area contributed by atoms with E-state index in [0.29, 0.717) is 5.91 Å². The summed E-state index contributed by atoms with van der Waals surface area (Å²) < 4.78 is 0. The van der Waals surface area contributed by atoms with Crippen LogP contribution in [0.4, 0.5) is 0 Å². The van der Waals surface area contributed by atoms with Gasteiger partial charge in [-0.25, -0.2) is 0 Å². The number of piperidine rings is 1. The van der Waals surface area contributed by atoms with Crippen LogP contribution < -0.4 is 5.32 Å². The number of nitrogens with one attached hydrogen (secondary N) is 1. The minimum Gasteiger partial charge on any atom is -0.340 e. The molecule has 3 fully saturated rings. The van der Waals surface area contributed by atoms with Gasteiger partial charge in [0.05, 0.1) is 5.92 Å². The zero-order valence-corrected chi connectivity index (χ0v) is 13.7. The molecular formula is C14H27Cl2N3O. The number of rotatable bonds is 3. The molecule has 6 heteroatoms. The van der Waals surface area contributed by atoms with Gasteiger partial charge in [0, 0.05) is 39.3 Å². The standard InChI is InChI=1S/C14H25N3O.2ClH/c18-14(13-2-1-5-15-10-13)17-8-6-16(7-9-17)11-12-3-4-12;;/h12-13,15H,1-11H2;2*1H/t13-;;/m1../s1. The van der Waals surface area contributed by atoms with Crippen molar-refractivity contribution in [3.63, 3.8) is 0 Å². The predicted molar refractivity (Wildman–Crippen MR) is 85.8 cm³/mol. The summed E-state index contributed by atoms with van der Waals surface area (Å²) in [5.74, 6) is 1.61. The van der Waals surface area contributed by atoms with Crippen LogP contribution in [0.5, 0.6) is 0 Å². The first kappa shape index (κ1) is 18.0. The van der Waals surface area contributed by atoms with E-state index in [1.165, 1.54) is 19.4 Å². The summed E-state index contributed by atoms with van der Waals surface area (Å²) in [4.78, 5) is 17.0. The number of carbonyl (C=O) groups excluding carboxylic acids is 1. The smallest absolute Gasteiger partial charge is 0.227 e. The largest absolute Gasteiger partial charge is 0.340 e. The second-order valence-electron chi connectivity index (χ2n) is 6.11. The van der Waals surface area contributed by atoms with Crippen LogP contribution in [0.15, 0.2) is 0 Å². The average molecular weight is 324 g/mol. The van der Waals surface area contributed by atoms with Crippen molar-refractivity contribution in [3.8, 4) is 0 Å². The predicted octanol–water partition coefficient (Wildman–Crippen LogP) is 1.38. The van der Waals surface area contributed by atoms with Gasteiger partial charge >= 0.3 is 0 Å². The molecule has 0 aromatic heterocycles. The minimum atomic E-state index is 0. The fraction of sp³-hybridized carbons (Fsp3) is 0.929. The van der Waals surface area contributed by atoms with Crippen molar-refractivity contribution in [1.29, 1.82) is 0 Å². The van der Waals surface area contributed by atoms with Gasteiger partial charge in [-0.3, -0.25) is 9.69 Å². The minimum absolute atomic E-state index is 0. The zero-order chi connectivity index (χ0) is 12.4. The molecule has 1 saturated carbocycles. The normalized spacial score (nSPS) is 27.4. The van der Waals surface area contributed by atoms with Crippen LogP contribution in [0.3, 0.4) is 0 Å². The summed E-state index contributed by atoms with van der Waals surface area (Å²) in [7, 11) is 0. The molecule has 4 nitrogen and oxygen atoms in total. The van der Waals surface area contributed by atoms with Crippen molar-refractivity contribution in [1.82, 2.24) is 15.1 Å². The van der Waals surface area contributed by atoms with Crippen molar-refractivity contribution < 1.29 is 4.79 Å². The molecule has 20 heavy (non-hydrogen) atoms. The highest BCUT2D eigenvalue weighted by atomic mass is 35.5. The van der Waals surface area contributed by atoms with Gasteiger partial charge in [0.25, 0.3) is 0 Å². The highest BCUT2D eigenvalue weighted by molar-refractivity contribution is 5.85. The van der Waals surface area contributed by atoms with Crippen LogP contribution >= 0.6 is 24.8 Å². The van der Waals surface area contributed by atoms with Gasteiger partial charge in [-0.1, -0.05) is 0 Å². The van der Waals surface area contributed by atoms with Crippen LogP contribution in [0.1, 0.15) is 25.7 Å². The van der Waals surface area contributed by atoms with Gasteiger partial charge in [0.15, 0.2) is 0 Å². The molecule has 0 unspecified atom stereocenters. The molecule has 118 valence electrons. The Morgan fingerprint density at radius 2 is 1.75 bits per heavy atom. The maximum Gasteiger partial charge on any atom is 0.227 e.